The number of thiazole rings is 1. The van der Waals surface area contributed by atoms with Gasteiger partial charge in [-0.3, -0.25) is 0 Å². The van der Waals surface area contributed by atoms with Gasteiger partial charge >= 0.3 is 0 Å². The van der Waals surface area contributed by atoms with Crippen molar-refractivity contribution in [3.8, 4) is 0 Å². The van der Waals surface area contributed by atoms with Gasteiger partial charge in [0.05, 0.1) is 11.6 Å². The topological polar surface area (TPSA) is 12.9 Å². The second kappa shape index (κ2) is 2.76. The Morgan fingerprint density at radius 3 is 2.82 bits per heavy atom. The lowest BCUT2D eigenvalue weighted by Crippen LogP contribution is -1.82. The van der Waals surface area contributed by atoms with Crippen molar-refractivity contribution in [3.05, 3.63) is 15.6 Å². The molecule has 0 amide bonds. The van der Waals surface area contributed by atoms with Crippen LogP contribution in [0.4, 0.5) is 0 Å². The SMILES string of the molecule is Cc1sc(CCl)nc1C1CC1. The van der Waals surface area contributed by atoms with Crippen LogP contribution < -0.4 is 0 Å². The molecule has 1 aromatic heterocycles. The third kappa shape index (κ3) is 1.42. The highest BCUT2D eigenvalue weighted by atomic mass is 35.5. The summed E-state index contributed by atoms with van der Waals surface area (Å²) in [6.45, 7) is 2.14. The van der Waals surface area contributed by atoms with E-state index in [2.05, 4.69) is 11.9 Å². The molecule has 0 atom stereocenters. The van der Waals surface area contributed by atoms with E-state index in [0.29, 0.717) is 5.88 Å². The largest absolute Gasteiger partial charge is 0.244 e. The third-order valence-corrected chi connectivity index (χ3v) is 3.35. The van der Waals surface area contributed by atoms with Crippen LogP contribution in [0.2, 0.25) is 0 Å². The second-order valence-corrected chi connectivity index (χ2v) is 4.51. The summed E-state index contributed by atoms with van der Waals surface area (Å²) in [5.41, 5.74) is 1.31. The lowest BCUT2D eigenvalue weighted by Gasteiger charge is -1.89. The summed E-state index contributed by atoms with van der Waals surface area (Å²) in [6.07, 6.45) is 2.65. The molecule has 0 N–H and O–H groups in total. The summed E-state index contributed by atoms with van der Waals surface area (Å²) in [6, 6.07) is 0. The van der Waals surface area contributed by atoms with Gasteiger partial charge in [0.2, 0.25) is 0 Å². The van der Waals surface area contributed by atoms with Crippen molar-refractivity contribution in [3.63, 3.8) is 0 Å². The minimum absolute atomic E-state index is 0.568. The fourth-order valence-corrected chi connectivity index (χ4v) is 2.35. The third-order valence-electron chi connectivity index (χ3n) is 1.96. The summed E-state index contributed by atoms with van der Waals surface area (Å²) in [5, 5.41) is 1.08. The molecule has 1 aromatic rings. The van der Waals surface area contributed by atoms with E-state index >= 15 is 0 Å². The zero-order valence-electron chi connectivity index (χ0n) is 6.43. The van der Waals surface area contributed by atoms with E-state index in [4.69, 9.17) is 11.6 Å². The first-order valence-electron chi connectivity index (χ1n) is 3.83. The highest BCUT2D eigenvalue weighted by Gasteiger charge is 2.27. The van der Waals surface area contributed by atoms with E-state index in [9.17, 15) is 0 Å². The molecule has 0 unspecified atom stereocenters. The van der Waals surface area contributed by atoms with Gasteiger partial charge in [-0.25, -0.2) is 4.98 Å². The first-order chi connectivity index (χ1) is 5.31. The lowest BCUT2D eigenvalue weighted by molar-refractivity contribution is 1.01. The molecule has 3 heteroatoms. The standard InChI is InChI=1S/C8H10ClNS/c1-5-8(6-2-3-6)10-7(4-9)11-5/h6H,2-4H2,1H3. The normalized spacial score (nSPS) is 17.3. The van der Waals surface area contributed by atoms with Gasteiger partial charge < -0.3 is 0 Å². The molecule has 0 bridgehead atoms. The molecule has 60 valence electrons. The number of aryl methyl sites for hydroxylation is 1. The number of rotatable bonds is 2. The molecule has 1 nitrogen and oxygen atoms in total. The van der Waals surface area contributed by atoms with Crippen LogP contribution in [0.3, 0.4) is 0 Å². The summed E-state index contributed by atoms with van der Waals surface area (Å²) in [7, 11) is 0. The Hall–Kier alpha value is -0.0800. The Morgan fingerprint density at radius 2 is 2.36 bits per heavy atom. The minimum atomic E-state index is 0.568. The molecule has 0 aromatic carbocycles. The first-order valence-corrected chi connectivity index (χ1v) is 5.18. The predicted molar refractivity (Wildman–Crippen MR) is 48.4 cm³/mol. The predicted octanol–water partition coefficient (Wildman–Crippen LogP) is 3.07. The van der Waals surface area contributed by atoms with Crippen LogP contribution in [0.1, 0.15) is 34.3 Å². The van der Waals surface area contributed by atoms with Crippen LogP contribution in [0, 0.1) is 6.92 Å². The molecule has 1 aliphatic carbocycles. The fraction of sp³-hybridized carbons (Fsp3) is 0.625. The number of aromatic nitrogens is 1. The van der Waals surface area contributed by atoms with Crippen molar-refractivity contribution >= 4 is 22.9 Å². The van der Waals surface area contributed by atoms with E-state index in [0.717, 1.165) is 10.9 Å². The number of alkyl halides is 1. The van der Waals surface area contributed by atoms with Crippen LogP contribution in [0.5, 0.6) is 0 Å². The zero-order valence-corrected chi connectivity index (χ0v) is 8.00. The maximum Gasteiger partial charge on any atom is 0.108 e. The van der Waals surface area contributed by atoms with E-state index in [-0.39, 0.29) is 0 Å². The van der Waals surface area contributed by atoms with Crippen molar-refractivity contribution in [2.45, 2.75) is 31.6 Å². The van der Waals surface area contributed by atoms with Crippen molar-refractivity contribution in [1.82, 2.24) is 4.98 Å². The van der Waals surface area contributed by atoms with Gasteiger partial charge in [0, 0.05) is 10.8 Å². The van der Waals surface area contributed by atoms with Crippen LogP contribution >= 0.6 is 22.9 Å². The highest BCUT2D eigenvalue weighted by Crippen LogP contribution is 2.42. The second-order valence-electron chi connectivity index (χ2n) is 2.96. The Morgan fingerprint density at radius 1 is 1.64 bits per heavy atom. The molecule has 1 fully saturated rings. The Kier molecular flexibility index (Phi) is 1.90. The zero-order chi connectivity index (χ0) is 7.84. The van der Waals surface area contributed by atoms with Gasteiger partial charge in [-0.1, -0.05) is 0 Å². The summed E-state index contributed by atoms with van der Waals surface area (Å²) >= 11 is 7.42. The smallest absolute Gasteiger partial charge is 0.108 e. The summed E-state index contributed by atoms with van der Waals surface area (Å²) < 4.78 is 0. The molecule has 0 saturated heterocycles. The van der Waals surface area contributed by atoms with Gasteiger partial charge in [0.1, 0.15) is 5.01 Å². The monoisotopic (exact) mass is 187 g/mol. The maximum atomic E-state index is 5.69. The molecular formula is C8H10ClNS. The van der Waals surface area contributed by atoms with Crippen molar-refractivity contribution in [2.75, 3.05) is 0 Å². The minimum Gasteiger partial charge on any atom is -0.244 e. The van der Waals surface area contributed by atoms with E-state index in [1.165, 1.54) is 23.4 Å². The molecule has 1 aliphatic rings. The van der Waals surface area contributed by atoms with Gasteiger partial charge in [-0.2, -0.15) is 0 Å². The van der Waals surface area contributed by atoms with Crippen LogP contribution in [0.25, 0.3) is 0 Å². The Bertz CT molecular complexity index is 265. The fourth-order valence-electron chi connectivity index (χ4n) is 1.26. The first kappa shape index (κ1) is 7.56. The van der Waals surface area contributed by atoms with E-state index < -0.39 is 0 Å². The average molecular weight is 188 g/mol. The maximum absolute atomic E-state index is 5.69. The van der Waals surface area contributed by atoms with Gasteiger partial charge in [0.15, 0.2) is 0 Å². The number of hydrogen-bond acceptors (Lipinski definition) is 2. The number of nitrogens with zero attached hydrogens (tertiary/aromatic N) is 1. The molecule has 11 heavy (non-hydrogen) atoms. The van der Waals surface area contributed by atoms with Gasteiger partial charge in [-0.05, 0) is 19.8 Å². The van der Waals surface area contributed by atoms with E-state index in [1.54, 1.807) is 11.3 Å². The van der Waals surface area contributed by atoms with Crippen LogP contribution in [-0.2, 0) is 5.88 Å². The Labute approximate surface area is 75.4 Å². The molecule has 0 aliphatic heterocycles. The van der Waals surface area contributed by atoms with Crippen molar-refractivity contribution in [1.29, 1.82) is 0 Å². The highest BCUT2D eigenvalue weighted by molar-refractivity contribution is 7.11. The lowest BCUT2D eigenvalue weighted by atomic mass is 10.3. The molecule has 1 saturated carbocycles. The molecule has 0 spiro atoms. The average Bonchev–Trinajstić information content (AvgIpc) is 2.76. The molecule has 0 radical (unpaired) electrons. The van der Waals surface area contributed by atoms with Crippen LogP contribution in [-0.4, -0.2) is 4.98 Å². The van der Waals surface area contributed by atoms with Crippen molar-refractivity contribution in [2.24, 2.45) is 0 Å². The molecular weight excluding hydrogens is 178 g/mol. The van der Waals surface area contributed by atoms with Gasteiger partial charge in [0.25, 0.3) is 0 Å². The summed E-state index contributed by atoms with van der Waals surface area (Å²) in [5.74, 6) is 1.33. The van der Waals surface area contributed by atoms with Crippen molar-refractivity contribution < 1.29 is 0 Å². The molecule has 2 rings (SSSR count). The Balaban J connectivity index is 2.30. The quantitative estimate of drug-likeness (QED) is 0.649. The number of hydrogen-bond donors (Lipinski definition) is 0. The summed E-state index contributed by atoms with van der Waals surface area (Å²) in [4.78, 5) is 5.84. The number of halogens is 1. The van der Waals surface area contributed by atoms with Crippen LogP contribution in [0.15, 0.2) is 0 Å². The van der Waals surface area contributed by atoms with E-state index in [1.807, 2.05) is 0 Å². The van der Waals surface area contributed by atoms with Gasteiger partial charge in [-0.15, -0.1) is 22.9 Å². The molecule has 1 heterocycles.